The molecule has 0 aliphatic carbocycles. The van der Waals surface area contributed by atoms with Crippen molar-refractivity contribution in [2.75, 3.05) is 19.3 Å². The quantitative estimate of drug-likeness (QED) is 0.792. The Balaban J connectivity index is 3.79. The van der Waals surface area contributed by atoms with Gasteiger partial charge in [0.2, 0.25) is 5.82 Å². The van der Waals surface area contributed by atoms with Crippen molar-refractivity contribution in [2.45, 2.75) is 6.92 Å². The van der Waals surface area contributed by atoms with Gasteiger partial charge in [-0.05, 0) is 0 Å². The second kappa shape index (κ2) is 5.48. The first-order valence-electron chi connectivity index (χ1n) is 4.90. The Bertz CT molecular complexity index is 570. The lowest BCUT2D eigenvalue weighted by molar-refractivity contribution is -0.119. The lowest BCUT2D eigenvalue weighted by Gasteiger charge is -2.17. The highest BCUT2D eigenvalue weighted by Gasteiger charge is 2.31. The summed E-state index contributed by atoms with van der Waals surface area (Å²) < 4.78 is 50.3. The highest BCUT2D eigenvalue weighted by Crippen LogP contribution is 2.41. The van der Waals surface area contributed by atoms with Crippen LogP contribution in [0.2, 0.25) is 0 Å². The van der Waals surface area contributed by atoms with Gasteiger partial charge in [-0.15, -0.1) is 5.12 Å². The first-order valence-corrected chi connectivity index (χ1v) is 4.90. The Morgan fingerprint density at radius 1 is 1.21 bits per heavy atom. The zero-order valence-corrected chi connectivity index (χ0v) is 10.3. The molecule has 102 valence electrons. The molecule has 0 heterocycles. The van der Waals surface area contributed by atoms with Crippen molar-refractivity contribution in [3.05, 3.63) is 17.2 Å². The molecule has 0 saturated carbocycles. The molecule has 0 N–H and O–H groups in total. The molecule has 1 amide bonds. The molecule has 8 heteroatoms. The van der Waals surface area contributed by atoms with Crippen molar-refractivity contribution in [3.8, 4) is 17.6 Å². The van der Waals surface area contributed by atoms with Gasteiger partial charge in [0.15, 0.2) is 17.3 Å². The Kier molecular flexibility index (Phi) is 4.22. The fourth-order valence-electron chi connectivity index (χ4n) is 1.45. The number of ether oxygens (including phenoxy) is 2. The summed E-state index contributed by atoms with van der Waals surface area (Å²) in [5.41, 5.74) is -1.83. The number of hydrogen-bond acceptors (Lipinski definition) is 4. The van der Waals surface area contributed by atoms with Gasteiger partial charge >= 0.3 is 0 Å². The van der Waals surface area contributed by atoms with Gasteiger partial charge in [-0.3, -0.25) is 4.79 Å². The molecule has 0 fully saturated rings. The van der Waals surface area contributed by atoms with Gasteiger partial charge in [0, 0.05) is 6.92 Å². The summed E-state index contributed by atoms with van der Waals surface area (Å²) in [6.07, 6.45) is 0. The number of rotatable bonds is 3. The van der Waals surface area contributed by atoms with Crippen molar-refractivity contribution in [1.29, 1.82) is 5.26 Å². The molecule has 0 unspecified atom stereocenters. The van der Waals surface area contributed by atoms with Gasteiger partial charge in [0.05, 0.1) is 14.2 Å². The van der Waals surface area contributed by atoms with Crippen molar-refractivity contribution in [3.63, 3.8) is 0 Å². The summed E-state index contributed by atoms with van der Waals surface area (Å²) in [6.45, 7) is 0.808. The molecule has 1 aromatic rings. The predicted octanol–water partition coefficient (Wildman–Crippen LogP) is 2.09. The van der Waals surface area contributed by atoms with E-state index >= 15 is 0 Å². The molecule has 0 aliphatic rings. The smallest absolute Gasteiger partial charge is 0.252 e. The second-order valence-electron chi connectivity index (χ2n) is 3.33. The number of amides is 1. The third-order valence-electron chi connectivity index (χ3n) is 2.26. The fourth-order valence-corrected chi connectivity index (χ4v) is 1.45. The van der Waals surface area contributed by atoms with E-state index in [-0.39, 0.29) is 0 Å². The summed E-state index contributed by atoms with van der Waals surface area (Å²) in [5, 5.41) is 8.25. The van der Waals surface area contributed by atoms with Crippen LogP contribution in [-0.2, 0) is 4.79 Å². The third kappa shape index (κ3) is 2.27. The fraction of sp³-hybridized carbons (Fsp3) is 0.273. The number of nitrogens with zero attached hydrogens (tertiary/aromatic N) is 2. The van der Waals surface area contributed by atoms with Crippen molar-refractivity contribution < 1.29 is 27.5 Å². The SMILES string of the molecule is COc1c(F)c(OC)c(C#N)c(N(F)C(C)=O)c1F. The molecule has 5 nitrogen and oxygen atoms in total. The molecular formula is C11H9F3N2O3. The van der Waals surface area contributed by atoms with E-state index in [9.17, 15) is 18.1 Å². The zero-order valence-electron chi connectivity index (χ0n) is 10.3. The van der Waals surface area contributed by atoms with Crippen LogP contribution in [-0.4, -0.2) is 20.1 Å². The number of benzene rings is 1. The molecule has 0 atom stereocenters. The molecule has 1 rings (SSSR count). The largest absolute Gasteiger partial charge is 0.492 e. The second-order valence-corrected chi connectivity index (χ2v) is 3.33. The summed E-state index contributed by atoms with van der Waals surface area (Å²) in [5.74, 6) is -5.64. The van der Waals surface area contributed by atoms with Gasteiger partial charge in [0.1, 0.15) is 17.3 Å². The minimum Gasteiger partial charge on any atom is -0.492 e. The number of hydrogen-bond donors (Lipinski definition) is 0. The normalized spacial score (nSPS) is 9.74. The summed E-state index contributed by atoms with van der Waals surface area (Å²) in [6, 6.07) is 1.39. The Hall–Kier alpha value is -2.43. The maximum absolute atomic E-state index is 13.9. The van der Waals surface area contributed by atoms with Crippen molar-refractivity contribution >= 4 is 11.6 Å². The van der Waals surface area contributed by atoms with E-state index < -0.39 is 45.4 Å². The first-order chi connectivity index (χ1) is 8.90. The van der Waals surface area contributed by atoms with Gasteiger partial charge in [-0.25, -0.2) is 4.39 Å². The van der Waals surface area contributed by atoms with Crippen LogP contribution >= 0.6 is 0 Å². The molecule has 0 aromatic heterocycles. The van der Waals surface area contributed by atoms with Crippen molar-refractivity contribution in [2.24, 2.45) is 0 Å². The van der Waals surface area contributed by atoms with Gasteiger partial charge in [0.25, 0.3) is 5.91 Å². The Morgan fingerprint density at radius 3 is 2.11 bits per heavy atom. The molecule has 0 spiro atoms. The number of carbonyl (C=O) groups is 1. The van der Waals surface area contributed by atoms with Crippen LogP contribution in [0.25, 0.3) is 0 Å². The molecule has 1 aromatic carbocycles. The van der Waals surface area contributed by atoms with E-state index in [4.69, 9.17) is 5.26 Å². The van der Waals surface area contributed by atoms with Gasteiger partial charge < -0.3 is 9.47 Å². The first kappa shape index (κ1) is 14.6. The molecule has 0 bridgehead atoms. The minimum atomic E-state index is -1.50. The lowest BCUT2D eigenvalue weighted by Crippen LogP contribution is -2.21. The predicted molar refractivity (Wildman–Crippen MR) is 58.4 cm³/mol. The molecule has 0 saturated heterocycles. The Morgan fingerprint density at radius 2 is 1.74 bits per heavy atom. The van der Waals surface area contributed by atoms with Crippen LogP contribution in [0.5, 0.6) is 11.5 Å². The standard InChI is InChI=1S/C11H9F3N2O3/c1-5(17)16(14)9-6(4-15)10(18-2)8(13)11(19-3)7(9)12/h1-3H3. The summed E-state index contributed by atoms with van der Waals surface area (Å²) in [7, 11) is 1.96. The maximum Gasteiger partial charge on any atom is 0.252 e. The molecule has 0 aliphatic heterocycles. The van der Waals surface area contributed by atoms with Crippen LogP contribution in [0.1, 0.15) is 12.5 Å². The number of nitriles is 1. The highest BCUT2D eigenvalue weighted by molar-refractivity contribution is 5.92. The van der Waals surface area contributed by atoms with Gasteiger partial charge in [-0.2, -0.15) is 9.65 Å². The van der Waals surface area contributed by atoms with Crippen LogP contribution in [0.15, 0.2) is 0 Å². The van der Waals surface area contributed by atoms with Crippen LogP contribution in [0, 0.1) is 23.0 Å². The minimum absolute atomic E-state index is 0.613. The number of carbonyl (C=O) groups excluding carboxylic acids is 1. The molecule has 19 heavy (non-hydrogen) atoms. The maximum atomic E-state index is 13.9. The van der Waals surface area contributed by atoms with E-state index in [0.717, 1.165) is 21.1 Å². The van der Waals surface area contributed by atoms with E-state index in [1.54, 1.807) is 0 Å². The van der Waals surface area contributed by atoms with E-state index in [1.807, 2.05) is 0 Å². The molecular weight excluding hydrogens is 265 g/mol. The molecule has 0 radical (unpaired) electrons. The average Bonchev–Trinajstić information content (AvgIpc) is 2.37. The average molecular weight is 274 g/mol. The van der Waals surface area contributed by atoms with Crippen molar-refractivity contribution in [1.82, 2.24) is 0 Å². The lowest BCUT2D eigenvalue weighted by atomic mass is 10.1. The summed E-state index contributed by atoms with van der Waals surface area (Å²) >= 11 is 0. The Labute approximate surface area is 106 Å². The van der Waals surface area contributed by atoms with Gasteiger partial charge in [-0.1, -0.05) is 4.48 Å². The third-order valence-corrected chi connectivity index (χ3v) is 2.26. The number of anilines is 1. The number of halogens is 3. The topological polar surface area (TPSA) is 62.6 Å². The van der Waals surface area contributed by atoms with E-state index in [2.05, 4.69) is 9.47 Å². The zero-order chi connectivity index (χ0) is 14.7. The highest BCUT2D eigenvalue weighted by atomic mass is 19.2. The van der Waals surface area contributed by atoms with E-state index in [0.29, 0.717) is 0 Å². The van der Waals surface area contributed by atoms with Crippen LogP contribution < -0.4 is 14.6 Å². The summed E-state index contributed by atoms with van der Waals surface area (Å²) in [4.78, 5) is 10.9. The van der Waals surface area contributed by atoms with E-state index in [1.165, 1.54) is 6.07 Å². The van der Waals surface area contributed by atoms with Crippen LogP contribution in [0.3, 0.4) is 0 Å². The van der Waals surface area contributed by atoms with Crippen LogP contribution in [0.4, 0.5) is 18.9 Å². The number of methoxy groups -OCH3 is 2. The monoisotopic (exact) mass is 274 g/mol.